The van der Waals surface area contributed by atoms with Crippen molar-refractivity contribution in [1.29, 1.82) is 0 Å². The fourth-order valence-electron chi connectivity index (χ4n) is 1.53. The van der Waals surface area contributed by atoms with Crippen molar-refractivity contribution >= 4 is 17.4 Å². The maximum atomic E-state index is 9.64. The lowest BCUT2D eigenvalue weighted by Crippen LogP contribution is -2.44. The first kappa shape index (κ1) is 14.6. The third-order valence-electron chi connectivity index (χ3n) is 2.40. The highest BCUT2D eigenvalue weighted by Gasteiger charge is 2.46. The average Bonchev–Trinajstić information content (AvgIpc) is 2.57. The smallest absolute Gasteiger partial charge is 0.258 e. The lowest BCUT2D eigenvalue weighted by molar-refractivity contribution is -0.0841. The maximum absolute atomic E-state index is 9.64. The quantitative estimate of drug-likeness (QED) is 0.362. The Morgan fingerprint density at radius 3 is 2.65 bits per heavy atom. The minimum absolute atomic E-state index is 0.0305. The van der Waals surface area contributed by atoms with Gasteiger partial charge in [0.1, 0.15) is 24.4 Å². The summed E-state index contributed by atoms with van der Waals surface area (Å²) in [6.45, 7) is 1.53. The third kappa shape index (κ3) is 3.47. The average molecular weight is 267 g/mol. The maximum Gasteiger partial charge on any atom is 0.258 e. The largest absolute Gasteiger partial charge is 0.471 e. The molecule has 0 radical (unpaired) electrons. The molecule has 8 heteroatoms. The Bertz CT molecular complexity index is 266. The van der Waals surface area contributed by atoms with Crippen molar-refractivity contribution < 1.29 is 29.9 Å². The van der Waals surface area contributed by atoms with E-state index in [0.717, 1.165) is 0 Å². The Morgan fingerprint density at radius 1 is 1.47 bits per heavy atom. The van der Waals surface area contributed by atoms with E-state index in [0.29, 0.717) is 6.61 Å². The molecule has 5 N–H and O–H groups in total. The monoisotopic (exact) mass is 267 g/mol. The fraction of sp³-hybridized carbons (Fsp3) is 0.889. The molecule has 0 unspecified atom stereocenters. The number of thiocarbonyl (C=S) groups is 1. The van der Waals surface area contributed by atoms with E-state index in [9.17, 15) is 15.3 Å². The second-order valence-corrected chi connectivity index (χ2v) is 3.99. The van der Waals surface area contributed by atoms with Gasteiger partial charge >= 0.3 is 0 Å². The number of hydrogen-bond donors (Lipinski definition) is 5. The summed E-state index contributed by atoms with van der Waals surface area (Å²) in [5.41, 5.74) is 0. The summed E-state index contributed by atoms with van der Waals surface area (Å²) >= 11 is 4.80. The van der Waals surface area contributed by atoms with Gasteiger partial charge in [-0.25, -0.2) is 0 Å². The first-order valence-corrected chi connectivity index (χ1v) is 5.65. The predicted octanol–water partition coefficient (Wildman–Crippen LogP) is -2.30. The fourth-order valence-corrected chi connectivity index (χ4v) is 1.77. The summed E-state index contributed by atoms with van der Waals surface area (Å²) < 4.78 is 10.1. The Labute approximate surface area is 104 Å². The van der Waals surface area contributed by atoms with Crippen LogP contribution in [0.2, 0.25) is 0 Å². The van der Waals surface area contributed by atoms with Crippen LogP contribution in [0.5, 0.6) is 0 Å². The molecule has 0 amide bonds. The number of hydrogen-bond acceptors (Lipinski definition) is 7. The van der Waals surface area contributed by atoms with Gasteiger partial charge in [-0.2, -0.15) is 0 Å². The van der Waals surface area contributed by atoms with Crippen molar-refractivity contribution in [1.82, 2.24) is 5.32 Å². The number of ether oxygens (including phenoxy) is 2. The third-order valence-corrected chi connectivity index (χ3v) is 2.64. The van der Waals surface area contributed by atoms with Gasteiger partial charge in [0.15, 0.2) is 6.23 Å². The van der Waals surface area contributed by atoms with Crippen LogP contribution in [0, 0.1) is 0 Å². The van der Waals surface area contributed by atoms with Crippen LogP contribution in [0.25, 0.3) is 0 Å². The molecule has 0 aromatic rings. The van der Waals surface area contributed by atoms with Crippen LogP contribution in [0.15, 0.2) is 0 Å². The molecule has 5 atom stereocenters. The normalized spacial score (nSPS) is 34.4. The van der Waals surface area contributed by atoms with Gasteiger partial charge in [-0.1, -0.05) is 0 Å². The van der Waals surface area contributed by atoms with E-state index < -0.39 is 37.3 Å². The number of rotatable bonds is 4. The lowest BCUT2D eigenvalue weighted by Gasteiger charge is -2.19. The second kappa shape index (κ2) is 6.43. The molecule has 0 saturated carbocycles. The van der Waals surface area contributed by atoms with Crippen LogP contribution in [0.3, 0.4) is 0 Å². The van der Waals surface area contributed by atoms with Crippen molar-refractivity contribution in [3.8, 4) is 0 Å². The summed E-state index contributed by atoms with van der Waals surface area (Å²) in [4.78, 5) is 0. The predicted molar refractivity (Wildman–Crippen MR) is 61.1 cm³/mol. The zero-order chi connectivity index (χ0) is 13.0. The number of aliphatic hydroxyl groups excluding tert-OH is 4. The Balaban J connectivity index is 2.56. The van der Waals surface area contributed by atoms with Gasteiger partial charge < -0.3 is 35.2 Å². The van der Waals surface area contributed by atoms with Crippen LogP contribution in [-0.2, 0) is 9.47 Å². The first-order chi connectivity index (χ1) is 8.01. The van der Waals surface area contributed by atoms with E-state index >= 15 is 0 Å². The molecule has 0 aromatic heterocycles. The standard InChI is InChI=1S/C9H17NO6S/c1-2-15-9(17)10-8-6(14)5(13)7(16-8)4(12)3-11/h4-8,11-14H,2-3H2,1H3,(H,10,17)/t4-,5-,6-,7+,8-/m1/s1. The van der Waals surface area contributed by atoms with E-state index in [1.165, 1.54) is 0 Å². The zero-order valence-electron chi connectivity index (χ0n) is 9.31. The molecule has 7 nitrogen and oxygen atoms in total. The topological polar surface area (TPSA) is 111 Å². The minimum Gasteiger partial charge on any atom is -0.471 e. The molecule has 1 aliphatic heterocycles. The van der Waals surface area contributed by atoms with Gasteiger partial charge in [0, 0.05) is 0 Å². The van der Waals surface area contributed by atoms with E-state index in [1.807, 2.05) is 0 Å². The van der Waals surface area contributed by atoms with Crippen LogP contribution in [0.4, 0.5) is 0 Å². The van der Waals surface area contributed by atoms with Gasteiger partial charge in [0.2, 0.25) is 0 Å². The van der Waals surface area contributed by atoms with E-state index in [1.54, 1.807) is 6.92 Å². The number of aliphatic hydroxyl groups is 4. The summed E-state index contributed by atoms with van der Waals surface area (Å²) in [5.74, 6) is 0. The highest BCUT2D eigenvalue weighted by molar-refractivity contribution is 7.80. The summed E-state index contributed by atoms with van der Waals surface area (Å²) in [6, 6.07) is 0. The molecule has 1 heterocycles. The molecule has 0 aromatic carbocycles. The Morgan fingerprint density at radius 2 is 2.12 bits per heavy atom. The van der Waals surface area contributed by atoms with E-state index in [-0.39, 0.29) is 5.17 Å². The highest BCUT2D eigenvalue weighted by atomic mass is 32.1. The van der Waals surface area contributed by atoms with Crippen LogP contribution in [0.1, 0.15) is 6.92 Å². The first-order valence-electron chi connectivity index (χ1n) is 5.25. The molecular formula is C9H17NO6S. The van der Waals surface area contributed by atoms with Crippen LogP contribution >= 0.6 is 12.2 Å². The molecular weight excluding hydrogens is 250 g/mol. The molecule has 17 heavy (non-hydrogen) atoms. The van der Waals surface area contributed by atoms with Crippen molar-refractivity contribution in [2.24, 2.45) is 0 Å². The van der Waals surface area contributed by atoms with E-state index in [4.69, 9.17) is 26.8 Å². The molecule has 100 valence electrons. The van der Waals surface area contributed by atoms with E-state index in [2.05, 4.69) is 5.32 Å². The van der Waals surface area contributed by atoms with Gasteiger partial charge in [-0.15, -0.1) is 0 Å². The van der Waals surface area contributed by atoms with Crippen molar-refractivity contribution in [3.63, 3.8) is 0 Å². The van der Waals surface area contributed by atoms with Gasteiger partial charge in [0.05, 0.1) is 13.2 Å². The van der Waals surface area contributed by atoms with Gasteiger partial charge in [-0.3, -0.25) is 0 Å². The highest BCUT2D eigenvalue weighted by Crippen LogP contribution is 2.22. The Hall–Kier alpha value is -0.510. The summed E-state index contributed by atoms with van der Waals surface area (Å²) in [5, 5.41) is 40.0. The van der Waals surface area contributed by atoms with Gasteiger partial charge in [0.25, 0.3) is 5.17 Å². The van der Waals surface area contributed by atoms with Crippen molar-refractivity contribution in [2.45, 2.75) is 37.6 Å². The summed E-state index contributed by atoms with van der Waals surface area (Å²) in [7, 11) is 0. The SMILES string of the molecule is CCOC(=S)N[C@@H]1O[C@@H]([C@H](O)CO)[C@H](O)[C@H]1O. The zero-order valence-corrected chi connectivity index (χ0v) is 10.1. The molecule has 0 spiro atoms. The molecule has 1 saturated heterocycles. The lowest BCUT2D eigenvalue weighted by atomic mass is 10.1. The molecule has 1 aliphatic rings. The summed E-state index contributed by atoms with van der Waals surface area (Å²) in [6.07, 6.45) is -5.89. The molecule has 1 rings (SSSR count). The second-order valence-electron chi connectivity index (χ2n) is 3.62. The van der Waals surface area contributed by atoms with Crippen LogP contribution in [-0.4, -0.2) is 69.5 Å². The molecule has 0 bridgehead atoms. The molecule has 1 fully saturated rings. The van der Waals surface area contributed by atoms with Crippen molar-refractivity contribution in [2.75, 3.05) is 13.2 Å². The minimum atomic E-state index is -1.31. The van der Waals surface area contributed by atoms with Crippen molar-refractivity contribution in [3.05, 3.63) is 0 Å². The van der Waals surface area contributed by atoms with Gasteiger partial charge in [-0.05, 0) is 19.1 Å². The van der Waals surface area contributed by atoms with Crippen LogP contribution < -0.4 is 5.32 Å². The Kier molecular flexibility index (Phi) is 5.50. The molecule has 0 aliphatic carbocycles. The number of nitrogens with one attached hydrogen (secondary N) is 1.